The van der Waals surface area contributed by atoms with E-state index in [4.69, 9.17) is 14.9 Å². The fraction of sp³-hybridized carbons (Fsp3) is 0.667. The Balaban J connectivity index is 4.31. The van der Waals surface area contributed by atoms with Gasteiger partial charge in [0.05, 0.1) is 6.61 Å². The Labute approximate surface area is 92.6 Å². The van der Waals surface area contributed by atoms with Crippen molar-refractivity contribution in [2.24, 2.45) is 5.92 Å². The lowest BCUT2D eigenvalue weighted by Crippen LogP contribution is -2.40. The zero-order valence-corrected chi connectivity index (χ0v) is 9.17. The number of nitrogens with zero attached hydrogens (tertiary/aromatic N) is 1. The summed E-state index contributed by atoms with van der Waals surface area (Å²) in [5, 5.41) is 17.0. The van der Waals surface area contributed by atoms with E-state index in [0.717, 1.165) is 0 Å². The van der Waals surface area contributed by atoms with Crippen LogP contribution >= 0.6 is 0 Å². The minimum absolute atomic E-state index is 0.0976. The van der Waals surface area contributed by atoms with E-state index >= 15 is 0 Å². The van der Waals surface area contributed by atoms with Crippen LogP contribution in [0.25, 0.3) is 0 Å². The molecule has 0 saturated heterocycles. The minimum atomic E-state index is -1.29. The number of hydrogen-bond acceptors (Lipinski definition) is 4. The standard InChI is InChI=1S/C9H15NO6/c1-6(2)5-16-9(15)10(3-7(11)12)4-8(13)14/h6H,3-5H2,1-2H3,(H,11,12)(H,13,14). The van der Waals surface area contributed by atoms with Crippen LogP contribution in [0.5, 0.6) is 0 Å². The van der Waals surface area contributed by atoms with Crippen molar-refractivity contribution in [2.75, 3.05) is 19.7 Å². The third-order valence-electron chi connectivity index (χ3n) is 1.45. The van der Waals surface area contributed by atoms with Crippen molar-refractivity contribution in [3.8, 4) is 0 Å². The molecule has 0 bridgehead atoms. The van der Waals surface area contributed by atoms with Gasteiger partial charge in [-0.05, 0) is 5.92 Å². The topological polar surface area (TPSA) is 104 Å². The first-order valence-corrected chi connectivity index (χ1v) is 4.68. The summed E-state index contributed by atoms with van der Waals surface area (Å²) in [6, 6.07) is 0. The molecule has 0 saturated carbocycles. The summed E-state index contributed by atoms with van der Waals surface area (Å²) in [5.41, 5.74) is 0. The average Bonchev–Trinajstić information content (AvgIpc) is 2.11. The average molecular weight is 233 g/mol. The van der Waals surface area contributed by atoms with E-state index < -0.39 is 31.1 Å². The van der Waals surface area contributed by atoms with Crippen LogP contribution < -0.4 is 0 Å². The van der Waals surface area contributed by atoms with Crippen molar-refractivity contribution in [3.63, 3.8) is 0 Å². The SMILES string of the molecule is CC(C)COC(=O)N(CC(=O)O)CC(=O)O. The van der Waals surface area contributed by atoms with Gasteiger partial charge in [0, 0.05) is 0 Å². The molecule has 16 heavy (non-hydrogen) atoms. The number of rotatable bonds is 6. The summed E-state index contributed by atoms with van der Waals surface area (Å²) in [4.78, 5) is 32.7. The lowest BCUT2D eigenvalue weighted by atomic mass is 10.2. The molecule has 0 aromatic heterocycles. The van der Waals surface area contributed by atoms with E-state index in [1.807, 2.05) is 13.8 Å². The molecule has 0 heterocycles. The summed E-state index contributed by atoms with van der Waals surface area (Å²) < 4.78 is 4.73. The summed E-state index contributed by atoms with van der Waals surface area (Å²) in [6.07, 6.45) is -0.932. The molecule has 1 amide bonds. The van der Waals surface area contributed by atoms with E-state index in [1.54, 1.807) is 0 Å². The third kappa shape index (κ3) is 6.63. The lowest BCUT2D eigenvalue weighted by molar-refractivity contribution is -0.141. The highest BCUT2D eigenvalue weighted by Gasteiger charge is 2.21. The maximum atomic E-state index is 11.3. The second-order valence-corrected chi connectivity index (χ2v) is 3.61. The van der Waals surface area contributed by atoms with E-state index in [1.165, 1.54) is 0 Å². The van der Waals surface area contributed by atoms with Gasteiger partial charge in [-0.2, -0.15) is 0 Å². The Morgan fingerprint density at radius 1 is 1.12 bits per heavy atom. The van der Waals surface area contributed by atoms with Crippen LogP contribution in [-0.4, -0.2) is 52.8 Å². The highest BCUT2D eigenvalue weighted by molar-refractivity contribution is 5.81. The first-order chi connectivity index (χ1) is 7.32. The Hall–Kier alpha value is -1.79. The summed E-state index contributed by atoms with van der Waals surface area (Å²) in [7, 11) is 0. The van der Waals surface area contributed by atoms with Crippen molar-refractivity contribution in [1.29, 1.82) is 0 Å². The predicted octanol–water partition coefficient (Wildman–Crippen LogP) is 0.250. The molecule has 0 radical (unpaired) electrons. The van der Waals surface area contributed by atoms with Crippen LogP contribution in [0.3, 0.4) is 0 Å². The summed E-state index contributed by atoms with van der Waals surface area (Å²) >= 11 is 0. The second-order valence-electron chi connectivity index (χ2n) is 3.61. The monoisotopic (exact) mass is 233 g/mol. The van der Waals surface area contributed by atoms with Gasteiger partial charge >= 0.3 is 18.0 Å². The molecule has 0 aromatic rings. The lowest BCUT2D eigenvalue weighted by Gasteiger charge is -2.18. The van der Waals surface area contributed by atoms with Crippen LogP contribution in [0.2, 0.25) is 0 Å². The first-order valence-electron chi connectivity index (χ1n) is 4.68. The fourth-order valence-electron chi connectivity index (χ4n) is 0.841. The van der Waals surface area contributed by atoms with Gasteiger partial charge in [0.15, 0.2) is 0 Å². The fourth-order valence-corrected chi connectivity index (χ4v) is 0.841. The molecule has 0 fully saturated rings. The van der Waals surface area contributed by atoms with Crippen LogP contribution in [0.15, 0.2) is 0 Å². The minimum Gasteiger partial charge on any atom is -0.480 e. The van der Waals surface area contributed by atoms with Crippen molar-refractivity contribution in [3.05, 3.63) is 0 Å². The van der Waals surface area contributed by atoms with Gasteiger partial charge in [-0.15, -0.1) is 0 Å². The number of carboxylic acids is 2. The molecule has 0 aliphatic rings. The molecule has 0 aliphatic heterocycles. The normalized spacial score (nSPS) is 9.94. The molecule has 7 heteroatoms. The van der Waals surface area contributed by atoms with E-state index in [9.17, 15) is 14.4 Å². The van der Waals surface area contributed by atoms with Crippen LogP contribution in [-0.2, 0) is 14.3 Å². The molecular weight excluding hydrogens is 218 g/mol. The number of hydrogen-bond donors (Lipinski definition) is 2. The summed E-state index contributed by atoms with van der Waals surface area (Å²) in [5.74, 6) is -2.48. The van der Waals surface area contributed by atoms with Crippen molar-refractivity contribution >= 4 is 18.0 Å². The highest BCUT2D eigenvalue weighted by atomic mass is 16.6. The molecule has 0 aliphatic carbocycles. The molecule has 0 spiro atoms. The Morgan fingerprint density at radius 3 is 1.88 bits per heavy atom. The largest absolute Gasteiger partial charge is 0.480 e. The van der Waals surface area contributed by atoms with Crippen LogP contribution in [0.1, 0.15) is 13.8 Å². The smallest absolute Gasteiger partial charge is 0.410 e. The zero-order chi connectivity index (χ0) is 12.7. The van der Waals surface area contributed by atoms with Crippen molar-refractivity contribution in [2.45, 2.75) is 13.8 Å². The maximum Gasteiger partial charge on any atom is 0.410 e. The van der Waals surface area contributed by atoms with Gasteiger partial charge in [-0.1, -0.05) is 13.8 Å². The van der Waals surface area contributed by atoms with Crippen LogP contribution in [0, 0.1) is 5.92 Å². The van der Waals surface area contributed by atoms with Gasteiger partial charge in [0.1, 0.15) is 13.1 Å². The number of carbonyl (C=O) groups excluding carboxylic acids is 1. The molecule has 0 rings (SSSR count). The number of amides is 1. The molecule has 7 nitrogen and oxygen atoms in total. The zero-order valence-electron chi connectivity index (χ0n) is 9.17. The Kier molecular flexibility index (Phi) is 5.91. The predicted molar refractivity (Wildman–Crippen MR) is 53.0 cm³/mol. The third-order valence-corrected chi connectivity index (χ3v) is 1.45. The Morgan fingerprint density at radius 2 is 1.56 bits per heavy atom. The van der Waals surface area contributed by atoms with Crippen LogP contribution in [0.4, 0.5) is 4.79 Å². The number of carbonyl (C=O) groups is 3. The first kappa shape index (κ1) is 14.2. The Bertz CT molecular complexity index is 259. The molecule has 2 N–H and O–H groups in total. The molecule has 0 atom stereocenters. The van der Waals surface area contributed by atoms with Crippen molar-refractivity contribution < 1.29 is 29.3 Å². The van der Waals surface area contributed by atoms with E-state index in [2.05, 4.69) is 0 Å². The number of aliphatic carboxylic acids is 2. The van der Waals surface area contributed by atoms with E-state index in [0.29, 0.717) is 4.90 Å². The van der Waals surface area contributed by atoms with E-state index in [-0.39, 0.29) is 12.5 Å². The maximum absolute atomic E-state index is 11.3. The second kappa shape index (κ2) is 6.65. The van der Waals surface area contributed by atoms with Crippen molar-refractivity contribution in [1.82, 2.24) is 4.90 Å². The number of carboxylic acid groups (broad SMARTS) is 2. The number of ether oxygens (including phenoxy) is 1. The van der Waals surface area contributed by atoms with Gasteiger partial charge in [0.2, 0.25) is 0 Å². The summed E-state index contributed by atoms with van der Waals surface area (Å²) in [6.45, 7) is 2.36. The van der Waals surface area contributed by atoms with Gasteiger partial charge in [-0.25, -0.2) is 4.79 Å². The van der Waals surface area contributed by atoms with Gasteiger partial charge in [-0.3, -0.25) is 14.5 Å². The molecular formula is C9H15NO6. The molecule has 0 unspecified atom stereocenters. The van der Waals surface area contributed by atoms with Gasteiger partial charge < -0.3 is 14.9 Å². The van der Waals surface area contributed by atoms with Gasteiger partial charge in [0.25, 0.3) is 0 Å². The molecule has 0 aromatic carbocycles. The molecule has 92 valence electrons. The highest BCUT2D eigenvalue weighted by Crippen LogP contribution is 1.98. The quantitative estimate of drug-likeness (QED) is 0.681.